The molecular weight excluding hydrogens is 486 g/mol. The number of amides is 2. The van der Waals surface area contributed by atoms with Gasteiger partial charge in [-0.3, -0.25) is 9.89 Å². The van der Waals surface area contributed by atoms with Gasteiger partial charge < -0.3 is 24.8 Å². The highest BCUT2D eigenvalue weighted by Crippen LogP contribution is 2.45. The van der Waals surface area contributed by atoms with Crippen LogP contribution >= 0.6 is 0 Å². The largest absolute Gasteiger partial charge is 0.465 e. The maximum absolute atomic E-state index is 12.8. The molecule has 0 aliphatic carbocycles. The summed E-state index contributed by atoms with van der Waals surface area (Å²) in [6.45, 7) is 3.83. The number of anilines is 1. The fourth-order valence-electron chi connectivity index (χ4n) is 4.39. The molecule has 1 aliphatic heterocycles. The summed E-state index contributed by atoms with van der Waals surface area (Å²) in [5.74, 6) is -0.453. The summed E-state index contributed by atoms with van der Waals surface area (Å²) < 4.78 is 35.6. The number of hydrogen-bond donors (Lipinski definition) is 3. The Balaban J connectivity index is 1.50. The molecule has 2 heterocycles. The lowest BCUT2D eigenvalue weighted by Gasteiger charge is -2.50. The van der Waals surface area contributed by atoms with Crippen molar-refractivity contribution in [2.24, 2.45) is 5.41 Å². The zero-order valence-electron chi connectivity index (χ0n) is 20.6. The number of rotatable bonds is 6. The standard InChI is InChI=1S/C26H28F2N4O5/c1-25(2,3)26(15-32(24(34)35)11-12-36-26)17-7-9-18(10-8-17)29-22(33)21-14-20(30-31-21)16-5-4-6-19(13-16)37-23(27)28/h4-10,13-14,23H,11-12,15H2,1-3H3,(H,29,33)(H,30,31)(H,34,35). The molecule has 1 fully saturated rings. The van der Waals surface area contributed by atoms with Crippen LogP contribution in [-0.4, -0.2) is 58.5 Å². The van der Waals surface area contributed by atoms with Crippen molar-refractivity contribution in [2.45, 2.75) is 33.0 Å². The van der Waals surface area contributed by atoms with E-state index < -0.39 is 29.6 Å². The van der Waals surface area contributed by atoms with Crippen molar-refractivity contribution >= 4 is 17.7 Å². The van der Waals surface area contributed by atoms with E-state index in [-0.39, 0.29) is 24.6 Å². The Hall–Kier alpha value is -3.99. The van der Waals surface area contributed by atoms with Gasteiger partial charge in [0, 0.05) is 17.8 Å². The number of aromatic nitrogens is 2. The molecule has 2 amide bonds. The predicted octanol–water partition coefficient (Wildman–Crippen LogP) is 5.18. The van der Waals surface area contributed by atoms with Gasteiger partial charge >= 0.3 is 12.7 Å². The first-order valence-electron chi connectivity index (χ1n) is 11.6. The Morgan fingerprint density at radius 2 is 1.92 bits per heavy atom. The lowest BCUT2D eigenvalue weighted by molar-refractivity contribution is -0.166. The highest BCUT2D eigenvalue weighted by atomic mass is 19.3. The van der Waals surface area contributed by atoms with Crippen molar-refractivity contribution in [1.29, 1.82) is 0 Å². The lowest BCUT2D eigenvalue weighted by Crippen LogP contribution is -2.57. The maximum atomic E-state index is 12.8. The lowest BCUT2D eigenvalue weighted by atomic mass is 9.71. The maximum Gasteiger partial charge on any atom is 0.407 e. The SMILES string of the molecule is CC(C)(C)C1(c2ccc(NC(=O)c3cc(-c4cccc(OC(F)F)c4)n[nH]3)cc2)CN(C(=O)O)CCO1. The zero-order chi connectivity index (χ0) is 26.8. The number of alkyl halides is 2. The normalized spacial score (nSPS) is 18.1. The highest BCUT2D eigenvalue weighted by molar-refractivity contribution is 6.03. The van der Waals surface area contributed by atoms with Crippen LogP contribution in [0.4, 0.5) is 19.3 Å². The molecule has 1 aliphatic rings. The van der Waals surface area contributed by atoms with Crippen LogP contribution < -0.4 is 10.1 Å². The van der Waals surface area contributed by atoms with Crippen LogP contribution in [0.15, 0.2) is 54.6 Å². The number of benzene rings is 2. The van der Waals surface area contributed by atoms with E-state index >= 15 is 0 Å². The van der Waals surface area contributed by atoms with E-state index in [2.05, 4.69) is 20.3 Å². The van der Waals surface area contributed by atoms with Crippen LogP contribution in [0.2, 0.25) is 0 Å². The molecule has 1 aromatic heterocycles. The van der Waals surface area contributed by atoms with Gasteiger partial charge in [-0.1, -0.05) is 45.0 Å². The second-order valence-corrected chi connectivity index (χ2v) is 9.73. The molecule has 4 rings (SSSR count). The molecule has 0 saturated carbocycles. The molecule has 2 aromatic carbocycles. The average molecular weight is 515 g/mol. The van der Waals surface area contributed by atoms with E-state index in [1.54, 1.807) is 24.3 Å². The predicted molar refractivity (Wildman–Crippen MR) is 132 cm³/mol. The Morgan fingerprint density at radius 3 is 2.57 bits per heavy atom. The van der Waals surface area contributed by atoms with Crippen LogP contribution in [0.25, 0.3) is 11.3 Å². The van der Waals surface area contributed by atoms with Gasteiger partial charge in [-0.15, -0.1) is 0 Å². The van der Waals surface area contributed by atoms with E-state index in [9.17, 15) is 23.5 Å². The molecule has 196 valence electrons. The molecule has 0 bridgehead atoms. The summed E-state index contributed by atoms with van der Waals surface area (Å²) in [5.41, 5.74) is 1.14. The van der Waals surface area contributed by atoms with E-state index in [1.807, 2.05) is 32.9 Å². The summed E-state index contributed by atoms with van der Waals surface area (Å²) in [5, 5.41) is 19.1. The fourth-order valence-corrected chi connectivity index (χ4v) is 4.39. The molecule has 9 nitrogen and oxygen atoms in total. The van der Waals surface area contributed by atoms with E-state index in [0.717, 1.165) is 5.56 Å². The molecule has 3 N–H and O–H groups in total. The number of ether oxygens (including phenoxy) is 2. The smallest absolute Gasteiger partial charge is 0.407 e. The number of H-pyrrole nitrogens is 1. The van der Waals surface area contributed by atoms with Gasteiger partial charge in [0.05, 0.1) is 18.8 Å². The summed E-state index contributed by atoms with van der Waals surface area (Å²) in [4.78, 5) is 25.8. The third-order valence-electron chi connectivity index (χ3n) is 6.39. The molecule has 1 saturated heterocycles. The van der Waals surface area contributed by atoms with Gasteiger partial charge in [0.15, 0.2) is 0 Å². The second kappa shape index (κ2) is 10.2. The topological polar surface area (TPSA) is 117 Å². The molecule has 37 heavy (non-hydrogen) atoms. The molecule has 11 heteroatoms. The number of carboxylic acid groups (broad SMARTS) is 1. The molecule has 1 unspecified atom stereocenters. The van der Waals surface area contributed by atoms with Crippen molar-refractivity contribution in [1.82, 2.24) is 15.1 Å². The average Bonchev–Trinajstić information content (AvgIpc) is 3.34. The van der Waals surface area contributed by atoms with Crippen LogP contribution in [-0.2, 0) is 10.3 Å². The minimum atomic E-state index is -2.94. The van der Waals surface area contributed by atoms with E-state index in [1.165, 1.54) is 23.1 Å². The first kappa shape index (κ1) is 26.1. The number of carbonyl (C=O) groups excluding carboxylic acids is 1. The third kappa shape index (κ3) is 5.56. The monoisotopic (exact) mass is 514 g/mol. The minimum absolute atomic E-state index is 0.0111. The molecule has 0 spiro atoms. The van der Waals surface area contributed by atoms with Crippen molar-refractivity contribution in [2.75, 3.05) is 25.0 Å². The number of carbonyl (C=O) groups is 2. The number of halogens is 2. The van der Waals surface area contributed by atoms with Gasteiger partial charge in [-0.25, -0.2) is 4.79 Å². The van der Waals surface area contributed by atoms with E-state index in [4.69, 9.17) is 4.74 Å². The fraction of sp³-hybridized carbons (Fsp3) is 0.346. The van der Waals surface area contributed by atoms with Crippen molar-refractivity contribution < 1.29 is 33.0 Å². The van der Waals surface area contributed by atoms with Gasteiger partial charge in [0.25, 0.3) is 5.91 Å². The minimum Gasteiger partial charge on any atom is -0.465 e. The first-order valence-corrected chi connectivity index (χ1v) is 11.6. The van der Waals surface area contributed by atoms with Crippen LogP contribution in [0, 0.1) is 5.41 Å². The number of morpholine rings is 1. The van der Waals surface area contributed by atoms with Gasteiger partial charge in [0.2, 0.25) is 0 Å². The third-order valence-corrected chi connectivity index (χ3v) is 6.39. The van der Waals surface area contributed by atoms with Crippen molar-refractivity contribution in [3.63, 3.8) is 0 Å². The van der Waals surface area contributed by atoms with Gasteiger partial charge in [0.1, 0.15) is 17.0 Å². The van der Waals surface area contributed by atoms with Crippen LogP contribution in [0.3, 0.4) is 0 Å². The molecular formula is C26H28F2N4O5. The Bertz CT molecular complexity index is 1270. The number of hydrogen-bond acceptors (Lipinski definition) is 5. The van der Waals surface area contributed by atoms with Crippen molar-refractivity contribution in [3.05, 3.63) is 65.9 Å². The van der Waals surface area contributed by atoms with Crippen LogP contribution in [0.1, 0.15) is 36.8 Å². The Morgan fingerprint density at radius 1 is 1.19 bits per heavy atom. The second-order valence-electron chi connectivity index (χ2n) is 9.73. The number of nitrogens with zero attached hydrogens (tertiary/aromatic N) is 2. The summed E-state index contributed by atoms with van der Waals surface area (Å²) in [7, 11) is 0. The van der Waals surface area contributed by atoms with Crippen molar-refractivity contribution in [3.8, 4) is 17.0 Å². The number of aromatic amines is 1. The van der Waals surface area contributed by atoms with E-state index in [0.29, 0.717) is 23.5 Å². The Kier molecular flexibility index (Phi) is 7.17. The summed E-state index contributed by atoms with van der Waals surface area (Å²) in [6, 6.07) is 14.6. The molecule has 0 radical (unpaired) electrons. The summed E-state index contributed by atoms with van der Waals surface area (Å²) in [6.07, 6.45) is -0.993. The van der Waals surface area contributed by atoms with Gasteiger partial charge in [-0.05, 0) is 41.3 Å². The van der Waals surface area contributed by atoms with Crippen LogP contribution in [0.5, 0.6) is 5.75 Å². The first-order chi connectivity index (χ1) is 17.5. The Labute approximate surface area is 212 Å². The summed E-state index contributed by atoms with van der Waals surface area (Å²) >= 11 is 0. The highest BCUT2D eigenvalue weighted by Gasteiger charge is 2.48. The quantitative estimate of drug-likeness (QED) is 0.417. The molecule has 3 aromatic rings. The van der Waals surface area contributed by atoms with Gasteiger partial charge in [-0.2, -0.15) is 13.9 Å². The zero-order valence-corrected chi connectivity index (χ0v) is 20.6. The number of nitrogens with one attached hydrogen (secondary N) is 2. The molecule has 1 atom stereocenters.